The summed E-state index contributed by atoms with van der Waals surface area (Å²) in [5.74, 6) is 2.68. The Morgan fingerprint density at radius 3 is 2.64 bits per heavy atom. The molecule has 3 fully saturated rings. The first-order valence-corrected chi connectivity index (χ1v) is 9.38. The molecule has 122 valence electrons. The van der Waals surface area contributed by atoms with Crippen LogP contribution in [0.1, 0.15) is 65.2 Å². The van der Waals surface area contributed by atoms with Gasteiger partial charge in [0.15, 0.2) is 0 Å². The Morgan fingerprint density at radius 1 is 1.14 bits per heavy atom. The van der Waals surface area contributed by atoms with Crippen LogP contribution in [0.3, 0.4) is 0 Å². The summed E-state index contributed by atoms with van der Waals surface area (Å²) in [6.07, 6.45) is 11.7. The number of thiol groups is 1. The lowest BCUT2D eigenvalue weighted by molar-refractivity contribution is -0.131. The second-order valence-corrected chi connectivity index (χ2v) is 8.86. The van der Waals surface area contributed by atoms with Gasteiger partial charge in [-0.3, -0.25) is 4.79 Å². The lowest BCUT2D eigenvalue weighted by Gasteiger charge is -2.56. The first kappa shape index (κ1) is 15.3. The fourth-order valence-electron chi connectivity index (χ4n) is 6.49. The molecule has 0 bridgehead atoms. The largest absolute Gasteiger partial charge is 0.315 e. The molecule has 0 saturated heterocycles. The minimum atomic E-state index is -0.00567. The Balaban J connectivity index is 1.66. The number of carbonyl (C=O) groups excluding carboxylic acids is 1. The van der Waals surface area contributed by atoms with Crippen molar-refractivity contribution in [3.63, 3.8) is 0 Å². The number of fused-ring (bicyclic) bond motifs is 5. The topological polar surface area (TPSA) is 26.3 Å². The Kier molecular flexibility index (Phi) is 3.54. The molecule has 4 aliphatic carbocycles. The van der Waals surface area contributed by atoms with E-state index in [0.717, 1.165) is 43.9 Å². The van der Waals surface area contributed by atoms with E-state index in [2.05, 4.69) is 32.8 Å². The maximum absolute atomic E-state index is 12.4. The molecule has 2 nitrogen and oxygen atoms in total. The fourth-order valence-corrected chi connectivity index (χ4v) is 6.67. The van der Waals surface area contributed by atoms with Gasteiger partial charge in [0.1, 0.15) is 5.78 Å². The molecule has 22 heavy (non-hydrogen) atoms. The van der Waals surface area contributed by atoms with Crippen LogP contribution in [0.4, 0.5) is 0 Å². The number of ketones is 1. The zero-order chi connectivity index (χ0) is 15.5. The molecule has 0 aromatic rings. The summed E-state index contributed by atoms with van der Waals surface area (Å²) >= 11 is 4.05. The van der Waals surface area contributed by atoms with Crippen molar-refractivity contribution in [2.24, 2.45) is 28.6 Å². The van der Waals surface area contributed by atoms with Crippen LogP contribution in [-0.2, 0) is 8.98 Å². The third-order valence-electron chi connectivity index (χ3n) is 7.92. The van der Waals surface area contributed by atoms with Gasteiger partial charge in [-0.15, -0.1) is 0 Å². The van der Waals surface area contributed by atoms with Gasteiger partial charge < -0.3 is 4.18 Å². The number of carbonyl (C=O) groups is 1. The highest BCUT2D eigenvalue weighted by atomic mass is 32.1. The van der Waals surface area contributed by atoms with Gasteiger partial charge in [-0.2, -0.15) is 0 Å². The summed E-state index contributed by atoms with van der Waals surface area (Å²) in [7, 11) is 0. The van der Waals surface area contributed by atoms with Crippen LogP contribution in [0, 0.1) is 28.6 Å². The second kappa shape index (κ2) is 5.11. The molecule has 4 aliphatic rings. The van der Waals surface area contributed by atoms with Crippen molar-refractivity contribution >= 4 is 18.7 Å². The molecule has 0 aliphatic heterocycles. The molecule has 3 saturated carbocycles. The molecule has 0 N–H and O–H groups in total. The van der Waals surface area contributed by atoms with Gasteiger partial charge in [0.05, 0.1) is 6.10 Å². The number of allylic oxidation sites excluding steroid dienone is 1. The van der Waals surface area contributed by atoms with E-state index in [1.807, 2.05) is 0 Å². The van der Waals surface area contributed by atoms with Crippen LogP contribution in [0.5, 0.6) is 0 Å². The summed E-state index contributed by atoms with van der Waals surface area (Å²) < 4.78 is 5.33. The van der Waals surface area contributed by atoms with E-state index in [9.17, 15) is 4.79 Å². The van der Waals surface area contributed by atoms with Gasteiger partial charge in [0.2, 0.25) is 0 Å². The minimum Gasteiger partial charge on any atom is -0.315 e. The molecule has 1 unspecified atom stereocenters. The lowest BCUT2D eigenvalue weighted by Crippen LogP contribution is -2.50. The van der Waals surface area contributed by atoms with Crippen molar-refractivity contribution in [3.05, 3.63) is 11.6 Å². The number of hydrogen-bond donors (Lipinski definition) is 1. The SMILES string of the molecule is C[C@]12CCC(OS)CC1=CC[C@@H]1[C@H]2CC[C@]2(C)C(=O)CC[C@@H]12. The molecule has 0 radical (unpaired) electrons. The molecule has 0 heterocycles. The maximum Gasteiger partial charge on any atom is 0.139 e. The van der Waals surface area contributed by atoms with E-state index in [4.69, 9.17) is 4.18 Å². The van der Waals surface area contributed by atoms with Crippen LogP contribution < -0.4 is 0 Å². The molecule has 3 heteroatoms. The molecule has 4 rings (SSSR count). The van der Waals surface area contributed by atoms with Crippen LogP contribution in [0.25, 0.3) is 0 Å². The predicted octanol–water partition coefficient (Wildman–Crippen LogP) is 4.75. The van der Waals surface area contributed by atoms with Crippen molar-refractivity contribution < 1.29 is 8.98 Å². The predicted molar refractivity (Wildman–Crippen MR) is 90.6 cm³/mol. The zero-order valence-corrected chi connectivity index (χ0v) is 14.7. The highest BCUT2D eigenvalue weighted by Crippen LogP contribution is 2.64. The van der Waals surface area contributed by atoms with Gasteiger partial charge in [0.25, 0.3) is 0 Å². The maximum atomic E-state index is 12.4. The molecule has 0 aromatic carbocycles. The standard InChI is InChI=1S/C19H28O2S/c1-18-9-7-13(21-22)11-12(18)3-4-14-15-5-6-17(20)19(15,2)10-8-16(14)18/h3,13-16,22H,4-11H2,1-2H3/t13?,14-,15-,16+,18-,19-/m0/s1. The van der Waals surface area contributed by atoms with Gasteiger partial charge >= 0.3 is 0 Å². The monoisotopic (exact) mass is 320 g/mol. The van der Waals surface area contributed by atoms with E-state index in [-0.39, 0.29) is 5.41 Å². The number of Topliss-reactive ketones (excluding diaryl/α,β-unsaturated/α-hetero) is 1. The normalized spacial score (nSPS) is 50.9. The van der Waals surface area contributed by atoms with Crippen molar-refractivity contribution in [1.82, 2.24) is 0 Å². The average Bonchev–Trinajstić information content (AvgIpc) is 2.82. The highest BCUT2D eigenvalue weighted by Gasteiger charge is 2.58. The lowest BCUT2D eigenvalue weighted by atomic mass is 9.48. The van der Waals surface area contributed by atoms with Gasteiger partial charge in [-0.1, -0.05) is 25.5 Å². The average molecular weight is 320 g/mol. The molecule has 6 atom stereocenters. The summed E-state index contributed by atoms with van der Waals surface area (Å²) in [6.45, 7) is 4.75. The Hall–Kier alpha value is -0.280. The van der Waals surface area contributed by atoms with E-state index in [0.29, 0.717) is 23.2 Å². The molecular weight excluding hydrogens is 292 g/mol. The van der Waals surface area contributed by atoms with Crippen LogP contribution in [0.15, 0.2) is 11.6 Å². The Labute approximate surface area is 139 Å². The van der Waals surface area contributed by atoms with Gasteiger partial charge in [-0.05, 0) is 81.0 Å². The molecular formula is C19H28O2S. The van der Waals surface area contributed by atoms with E-state index >= 15 is 0 Å². The number of rotatable bonds is 1. The van der Waals surface area contributed by atoms with Crippen molar-refractivity contribution in [3.8, 4) is 0 Å². The molecule has 0 aromatic heterocycles. The summed E-state index contributed by atoms with van der Waals surface area (Å²) in [6, 6.07) is 0. The third kappa shape index (κ3) is 1.94. The van der Waals surface area contributed by atoms with Crippen molar-refractivity contribution in [1.29, 1.82) is 0 Å². The molecule has 0 spiro atoms. The van der Waals surface area contributed by atoms with Crippen LogP contribution in [-0.4, -0.2) is 11.9 Å². The minimum absolute atomic E-state index is 0.00567. The quantitative estimate of drug-likeness (QED) is 0.429. The van der Waals surface area contributed by atoms with Crippen LogP contribution >= 0.6 is 12.9 Å². The summed E-state index contributed by atoms with van der Waals surface area (Å²) in [4.78, 5) is 12.4. The first-order valence-electron chi connectivity index (χ1n) is 9.02. The zero-order valence-electron chi connectivity index (χ0n) is 13.8. The van der Waals surface area contributed by atoms with Crippen molar-refractivity contribution in [2.75, 3.05) is 0 Å². The van der Waals surface area contributed by atoms with E-state index in [1.165, 1.54) is 19.3 Å². The van der Waals surface area contributed by atoms with Crippen LogP contribution in [0.2, 0.25) is 0 Å². The summed E-state index contributed by atoms with van der Waals surface area (Å²) in [5, 5.41) is 0. The van der Waals surface area contributed by atoms with Crippen molar-refractivity contribution in [2.45, 2.75) is 71.3 Å². The summed E-state index contributed by atoms with van der Waals surface area (Å²) in [5.41, 5.74) is 1.96. The van der Waals surface area contributed by atoms with Gasteiger partial charge in [-0.25, -0.2) is 0 Å². The van der Waals surface area contributed by atoms with E-state index < -0.39 is 0 Å². The molecule has 0 amide bonds. The smallest absolute Gasteiger partial charge is 0.139 e. The van der Waals surface area contributed by atoms with E-state index in [1.54, 1.807) is 5.57 Å². The third-order valence-corrected chi connectivity index (χ3v) is 8.21. The van der Waals surface area contributed by atoms with Gasteiger partial charge in [0, 0.05) is 11.8 Å². The second-order valence-electron chi connectivity index (χ2n) is 8.65. The Morgan fingerprint density at radius 2 is 1.86 bits per heavy atom. The number of hydrogen-bond acceptors (Lipinski definition) is 3. The Bertz CT molecular complexity index is 528. The first-order chi connectivity index (χ1) is 10.5. The fraction of sp³-hybridized carbons (Fsp3) is 0.842. The highest BCUT2D eigenvalue weighted by molar-refractivity contribution is 7.75.